The number of hydrogen-bond donors (Lipinski definition) is 2. The van der Waals surface area contributed by atoms with Gasteiger partial charge in [-0.1, -0.05) is 46.3 Å². The molecule has 1 saturated heterocycles. The number of benzene rings is 1. The predicted molar refractivity (Wildman–Crippen MR) is 105 cm³/mol. The molecule has 134 valence electrons. The maximum atomic E-state index is 12.0. The normalized spacial score (nSPS) is 14.6. The third-order valence-electron chi connectivity index (χ3n) is 3.64. The largest absolute Gasteiger partial charge is 0.325 e. The fourth-order valence-corrected chi connectivity index (χ4v) is 4.54. The molecule has 10 heteroatoms. The molecule has 25 heavy (non-hydrogen) atoms. The Labute approximate surface area is 164 Å². The fourth-order valence-electron chi connectivity index (χ4n) is 2.42. The average Bonchev–Trinajstić information content (AvgIpc) is 3.23. The summed E-state index contributed by atoms with van der Waals surface area (Å²) < 4.78 is 0.851. The highest BCUT2D eigenvalue weighted by Crippen LogP contribution is 2.27. The summed E-state index contributed by atoms with van der Waals surface area (Å²) in [6, 6.07) is 4.49. The predicted octanol–water partition coefficient (Wildman–Crippen LogP) is 4.68. The summed E-state index contributed by atoms with van der Waals surface area (Å²) in [7, 11) is 0. The van der Waals surface area contributed by atoms with Gasteiger partial charge in [0.25, 0.3) is 0 Å². The van der Waals surface area contributed by atoms with Crippen LogP contribution < -0.4 is 10.6 Å². The van der Waals surface area contributed by atoms with Gasteiger partial charge in [-0.2, -0.15) is 0 Å². The van der Waals surface area contributed by atoms with Gasteiger partial charge >= 0.3 is 6.03 Å². The van der Waals surface area contributed by atoms with Crippen molar-refractivity contribution < 1.29 is 4.79 Å². The lowest BCUT2D eigenvalue weighted by Gasteiger charge is -2.12. The minimum absolute atomic E-state index is 0.382. The number of anilines is 2. The number of nitrogens with one attached hydrogen (secondary N) is 2. The summed E-state index contributed by atoms with van der Waals surface area (Å²) in [4.78, 5) is 14.5. The molecule has 0 radical (unpaired) electrons. The Morgan fingerprint density at radius 2 is 2.00 bits per heavy atom. The lowest BCUT2D eigenvalue weighted by atomic mass is 10.3. The van der Waals surface area contributed by atoms with E-state index in [9.17, 15) is 4.79 Å². The van der Waals surface area contributed by atoms with Gasteiger partial charge in [0, 0.05) is 18.0 Å². The van der Waals surface area contributed by atoms with Crippen LogP contribution in [0.3, 0.4) is 0 Å². The molecule has 0 aliphatic carbocycles. The van der Waals surface area contributed by atoms with Gasteiger partial charge in [0.15, 0.2) is 4.34 Å². The Bertz CT molecular complexity index is 736. The van der Waals surface area contributed by atoms with Crippen molar-refractivity contribution in [2.75, 3.05) is 36.0 Å². The number of thioether (sulfide) groups is 1. The van der Waals surface area contributed by atoms with Gasteiger partial charge in [0.1, 0.15) is 0 Å². The maximum absolute atomic E-state index is 12.0. The van der Waals surface area contributed by atoms with Crippen LogP contribution in [-0.2, 0) is 0 Å². The van der Waals surface area contributed by atoms with Gasteiger partial charge < -0.3 is 10.2 Å². The highest BCUT2D eigenvalue weighted by Gasteiger charge is 2.13. The van der Waals surface area contributed by atoms with Crippen molar-refractivity contribution in [1.29, 1.82) is 0 Å². The Balaban J connectivity index is 1.45. The number of urea groups is 1. The molecule has 2 N–H and O–H groups in total. The Kier molecular flexibility index (Phi) is 6.77. The van der Waals surface area contributed by atoms with Gasteiger partial charge in [-0.15, -0.1) is 10.2 Å². The molecule has 1 aliphatic heterocycles. The molecule has 2 amide bonds. The molecule has 1 aromatic carbocycles. The van der Waals surface area contributed by atoms with Crippen molar-refractivity contribution in [3.05, 3.63) is 28.2 Å². The quantitative estimate of drug-likeness (QED) is 0.527. The van der Waals surface area contributed by atoms with Gasteiger partial charge in [0.05, 0.1) is 10.0 Å². The van der Waals surface area contributed by atoms with E-state index in [1.54, 1.807) is 30.0 Å². The van der Waals surface area contributed by atoms with E-state index >= 15 is 0 Å². The van der Waals surface area contributed by atoms with E-state index < -0.39 is 6.03 Å². The first-order valence-electron chi connectivity index (χ1n) is 7.82. The van der Waals surface area contributed by atoms with Crippen LogP contribution >= 0.6 is 46.3 Å². The molecule has 0 bridgehead atoms. The summed E-state index contributed by atoms with van der Waals surface area (Å²) in [5, 5.41) is 14.7. The molecular formula is C15H17Cl2N5OS2. The summed E-state index contributed by atoms with van der Waals surface area (Å²) in [5.74, 6) is 0.976. The van der Waals surface area contributed by atoms with Crippen molar-refractivity contribution in [2.45, 2.75) is 17.2 Å². The second-order valence-electron chi connectivity index (χ2n) is 5.48. The van der Waals surface area contributed by atoms with E-state index in [0.717, 1.165) is 16.6 Å². The number of amides is 2. The molecule has 2 aromatic rings. The second kappa shape index (κ2) is 9.05. The van der Waals surface area contributed by atoms with Crippen molar-refractivity contribution in [1.82, 2.24) is 15.1 Å². The molecule has 0 atom stereocenters. The Morgan fingerprint density at radius 1 is 1.20 bits per heavy atom. The third kappa shape index (κ3) is 5.72. The van der Waals surface area contributed by atoms with E-state index in [-0.39, 0.29) is 0 Å². The number of carbonyl (C=O) groups excluding carboxylic acids is 1. The molecule has 0 spiro atoms. The van der Waals surface area contributed by atoms with E-state index in [2.05, 4.69) is 25.7 Å². The van der Waals surface area contributed by atoms with Crippen LogP contribution in [0, 0.1) is 0 Å². The third-order valence-corrected chi connectivity index (χ3v) is 6.33. The van der Waals surface area contributed by atoms with E-state index in [0.29, 0.717) is 20.9 Å². The number of nitrogens with zero attached hydrogens (tertiary/aromatic N) is 3. The lowest BCUT2D eigenvalue weighted by Crippen LogP contribution is -2.21. The summed E-state index contributed by atoms with van der Waals surface area (Å²) >= 11 is 14.8. The molecule has 2 heterocycles. The van der Waals surface area contributed by atoms with Crippen molar-refractivity contribution in [3.8, 4) is 0 Å². The summed E-state index contributed by atoms with van der Waals surface area (Å²) in [6.45, 7) is 3.45. The first kappa shape index (κ1) is 18.7. The summed E-state index contributed by atoms with van der Waals surface area (Å²) in [5.41, 5.74) is 0.552. The number of carbonyl (C=O) groups is 1. The topological polar surface area (TPSA) is 70.1 Å². The second-order valence-corrected chi connectivity index (χ2v) is 8.61. The highest BCUT2D eigenvalue weighted by atomic mass is 35.5. The molecule has 0 unspecified atom stereocenters. The van der Waals surface area contributed by atoms with Gasteiger partial charge in [-0.05, 0) is 44.1 Å². The van der Waals surface area contributed by atoms with Crippen molar-refractivity contribution >= 4 is 63.2 Å². The zero-order valence-corrected chi connectivity index (χ0v) is 16.4. The van der Waals surface area contributed by atoms with E-state index in [1.807, 2.05) is 0 Å². The number of hydrogen-bond acceptors (Lipinski definition) is 6. The molecule has 1 aromatic heterocycles. The Morgan fingerprint density at radius 3 is 2.76 bits per heavy atom. The van der Waals surface area contributed by atoms with Crippen LogP contribution in [-0.4, -0.2) is 46.5 Å². The first-order chi connectivity index (χ1) is 12.1. The molecule has 6 nitrogen and oxygen atoms in total. The van der Waals surface area contributed by atoms with Crippen molar-refractivity contribution in [3.63, 3.8) is 0 Å². The van der Waals surface area contributed by atoms with Crippen LogP contribution in [0.5, 0.6) is 0 Å². The van der Waals surface area contributed by atoms with Gasteiger partial charge in [-0.3, -0.25) is 5.32 Å². The molecule has 0 saturated carbocycles. The highest BCUT2D eigenvalue weighted by molar-refractivity contribution is 8.01. The lowest BCUT2D eigenvalue weighted by molar-refractivity contribution is 0.262. The number of halogens is 2. The van der Waals surface area contributed by atoms with E-state index in [4.69, 9.17) is 23.2 Å². The number of likely N-dealkylation sites (tertiary alicyclic amines) is 1. The monoisotopic (exact) mass is 417 g/mol. The van der Waals surface area contributed by atoms with Crippen LogP contribution in [0.1, 0.15) is 12.8 Å². The van der Waals surface area contributed by atoms with Gasteiger partial charge in [0.2, 0.25) is 5.13 Å². The maximum Gasteiger partial charge on any atom is 0.325 e. The molecule has 1 aliphatic rings. The first-order valence-corrected chi connectivity index (χ1v) is 10.4. The molecule has 3 rings (SSSR count). The fraction of sp³-hybridized carbons (Fsp3) is 0.400. The minimum atomic E-state index is -0.400. The Hall–Kier alpha value is -1.06. The van der Waals surface area contributed by atoms with Crippen molar-refractivity contribution in [2.24, 2.45) is 0 Å². The number of rotatable bonds is 6. The molecular weight excluding hydrogens is 401 g/mol. The minimum Gasteiger partial charge on any atom is -0.308 e. The summed E-state index contributed by atoms with van der Waals surface area (Å²) in [6.07, 6.45) is 2.59. The van der Waals surface area contributed by atoms with Gasteiger partial charge in [-0.25, -0.2) is 4.79 Å². The van der Waals surface area contributed by atoms with Crippen LogP contribution in [0.2, 0.25) is 10.0 Å². The molecule has 1 fully saturated rings. The zero-order valence-electron chi connectivity index (χ0n) is 13.3. The standard InChI is InChI=1S/C15H17Cl2N5OS2/c16-11-4-3-10(9-12(11)17)18-13(23)19-14-20-21-15(25-14)24-8-7-22-5-1-2-6-22/h3-4,9H,1-2,5-8H2,(H2,18,19,20,23). The van der Waals surface area contributed by atoms with E-state index in [1.165, 1.54) is 37.3 Å². The van der Waals surface area contributed by atoms with Crippen LogP contribution in [0.4, 0.5) is 15.6 Å². The SMILES string of the molecule is O=C(Nc1ccc(Cl)c(Cl)c1)Nc1nnc(SCCN2CCCC2)s1. The smallest absolute Gasteiger partial charge is 0.308 e. The average molecular weight is 418 g/mol. The van der Waals surface area contributed by atoms with Crippen LogP contribution in [0.25, 0.3) is 0 Å². The number of aromatic nitrogens is 2. The van der Waals surface area contributed by atoms with Crippen LogP contribution in [0.15, 0.2) is 22.5 Å². The zero-order chi connectivity index (χ0) is 17.6.